The molecular formula is C20H25NO3. The van der Waals surface area contributed by atoms with E-state index in [1.54, 1.807) is 6.07 Å². The van der Waals surface area contributed by atoms with Crippen LogP contribution in [0.4, 0.5) is 0 Å². The Balaban J connectivity index is 1.76. The van der Waals surface area contributed by atoms with Crippen molar-refractivity contribution in [2.75, 3.05) is 13.2 Å². The van der Waals surface area contributed by atoms with Gasteiger partial charge in [-0.1, -0.05) is 62.6 Å². The number of fused-ring (bicyclic) bond motifs is 1. The smallest absolute Gasteiger partial charge is 0.307 e. The zero-order valence-electron chi connectivity index (χ0n) is 14.2. The summed E-state index contributed by atoms with van der Waals surface area (Å²) in [5.74, 6) is -0.424. The van der Waals surface area contributed by atoms with Crippen LogP contribution < -0.4 is 5.32 Å². The molecule has 24 heavy (non-hydrogen) atoms. The average Bonchev–Trinajstić information content (AvgIpc) is 2.61. The Hall–Kier alpha value is -2.36. The number of hydrogen-bond acceptors (Lipinski definition) is 3. The highest BCUT2D eigenvalue weighted by atomic mass is 16.5. The molecule has 2 aromatic carbocycles. The molecule has 0 fully saturated rings. The maximum Gasteiger partial charge on any atom is 0.307 e. The predicted molar refractivity (Wildman–Crippen MR) is 96.0 cm³/mol. The molecule has 0 saturated heterocycles. The fourth-order valence-corrected chi connectivity index (χ4v) is 2.58. The third-order valence-electron chi connectivity index (χ3n) is 3.91. The standard InChI is InChI=1S/C20H25NO3/c1-2-3-4-7-15-24-19(22)13-14-21-20(23)18-12-8-10-16-9-5-6-11-17(16)18/h5-6,8-12H,2-4,7,13-15H2,1H3,(H,21,23). The van der Waals surface area contributed by atoms with E-state index >= 15 is 0 Å². The third-order valence-corrected chi connectivity index (χ3v) is 3.91. The van der Waals surface area contributed by atoms with E-state index in [-0.39, 0.29) is 24.8 Å². The summed E-state index contributed by atoms with van der Waals surface area (Å²) in [6.45, 7) is 2.90. The number of nitrogens with one attached hydrogen (secondary N) is 1. The van der Waals surface area contributed by atoms with Crippen LogP contribution in [-0.2, 0) is 9.53 Å². The SMILES string of the molecule is CCCCCCOC(=O)CCNC(=O)c1cccc2ccccc12. The molecule has 0 aliphatic rings. The Labute approximate surface area is 143 Å². The highest BCUT2D eigenvalue weighted by Gasteiger charge is 2.10. The minimum atomic E-state index is -0.260. The van der Waals surface area contributed by atoms with Crippen LogP contribution in [0.3, 0.4) is 0 Å². The number of carbonyl (C=O) groups is 2. The van der Waals surface area contributed by atoms with E-state index in [9.17, 15) is 9.59 Å². The van der Waals surface area contributed by atoms with Crippen LogP contribution in [-0.4, -0.2) is 25.0 Å². The van der Waals surface area contributed by atoms with Gasteiger partial charge in [0.1, 0.15) is 0 Å². The van der Waals surface area contributed by atoms with Gasteiger partial charge in [0.25, 0.3) is 5.91 Å². The van der Waals surface area contributed by atoms with Crippen molar-refractivity contribution in [2.24, 2.45) is 0 Å². The van der Waals surface area contributed by atoms with Gasteiger partial charge >= 0.3 is 5.97 Å². The Morgan fingerprint density at radius 3 is 2.62 bits per heavy atom. The molecule has 0 aliphatic carbocycles. The van der Waals surface area contributed by atoms with Crippen molar-refractivity contribution in [1.82, 2.24) is 5.32 Å². The molecule has 0 bridgehead atoms. The largest absolute Gasteiger partial charge is 0.466 e. The quantitative estimate of drug-likeness (QED) is 0.557. The Bertz CT molecular complexity index is 676. The molecule has 1 amide bonds. The van der Waals surface area contributed by atoms with Gasteiger partial charge in [-0.25, -0.2) is 0 Å². The van der Waals surface area contributed by atoms with E-state index in [2.05, 4.69) is 12.2 Å². The number of carbonyl (C=O) groups excluding carboxylic acids is 2. The molecule has 0 radical (unpaired) electrons. The van der Waals surface area contributed by atoms with Crippen LogP contribution >= 0.6 is 0 Å². The van der Waals surface area contributed by atoms with E-state index in [0.717, 1.165) is 30.0 Å². The van der Waals surface area contributed by atoms with E-state index < -0.39 is 0 Å². The van der Waals surface area contributed by atoms with Gasteiger partial charge in [0.15, 0.2) is 0 Å². The number of amides is 1. The Morgan fingerprint density at radius 1 is 1.00 bits per heavy atom. The van der Waals surface area contributed by atoms with Crippen LogP contribution in [0.15, 0.2) is 42.5 Å². The highest BCUT2D eigenvalue weighted by molar-refractivity contribution is 6.07. The van der Waals surface area contributed by atoms with Crippen LogP contribution in [0.2, 0.25) is 0 Å². The molecule has 128 valence electrons. The second-order valence-electron chi connectivity index (χ2n) is 5.81. The lowest BCUT2D eigenvalue weighted by molar-refractivity contribution is -0.143. The predicted octanol–water partition coefficient (Wildman–Crippen LogP) is 4.08. The first-order chi connectivity index (χ1) is 11.7. The third kappa shape index (κ3) is 5.37. The molecule has 4 heteroatoms. The van der Waals surface area contributed by atoms with Gasteiger partial charge in [-0.05, 0) is 23.3 Å². The molecule has 0 spiro atoms. The maximum atomic E-state index is 12.3. The van der Waals surface area contributed by atoms with Gasteiger partial charge in [-0.3, -0.25) is 9.59 Å². The summed E-state index contributed by atoms with van der Waals surface area (Å²) in [5.41, 5.74) is 0.626. The lowest BCUT2D eigenvalue weighted by Crippen LogP contribution is -2.26. The minimum Gasteiger partial charge on any atom is -0.466 e. The zero-order valence-corrected chi connectivity index (χ0v) is 14.2. The number of esters is 1. The first-order valence-corrected chi connectivity index (χ1v) is 8.64. The van der Waals surface area contributed by atoms with Crippen LogP contribution in [0.5, 0.6) is 0 Å². The summed E-state index contributed by atoms with van der Waals surface area (Å²) >= 11 is 0. The van der Waals surface area contributed by atoms with Crippen LogP contribution in [0, 0.1) is 0 Å². The highest BCUT2D eigenvalue weighted by Crippen LogP contribution is 2.18. The molecule has 2 rings (SSSR count). The lowest BCUT2D eigenvalue weighted by atomic mass is 10.0. The van der Waals surface area contributed by atoms with Crippen molar-refractivity contribution in [3.63, 3.8) is 0 Å². The van der Waals surface area contributed by atoms with E-state index in [1.165, 1.54) is 6.42 Å². The summed E-state index contributed by atoms with van der Waals surface area (Å²) in [6, 6.07) is 13.4. The van der Waals surface area contributed by atoms with Crippen molar-refractivity contribution in [3.05, 3.63) is 48.0 Å². The van der Waals surface area contributed by atoms with Gasteiger partial charge < -0.3 is 10.1 Å². The van der Waals surface area contributed by atoms with Crippen molar-refractivity contribution < 1.29 is 14.3 Å². The first-order valence-electron chi connectivity index (χ1n) is 8.64. The topological polar surface area (TPSA) is 55.4 Å². The Kier molecular flexibility index (Phi) is 7.27. The van der Waals surface area contributed by atoms with Gasteiger partial charge in [-0.15, -0.1) is 0 Å². The van der Waals surface area contributed by atoms with Gasteiger partial charge in [-0.2, -0.15) is 0 Å². The second kappa shape index (κ2) is 9.71. The molecule has 2 aromatic rings. The maximum absolute atomic E-state index is 12.3. The minimum absolute atomic E-state index is 0.164. The van der Waals surface area contributed by atoms with Gasteiger partial charge in [0.05, 0.1) is 13.0 Å². The molecule has 1 N–H and O–H groups in total. The lowest BCUT2D eigenvalue weighted by Gasteiger charge is -2.08. The monoisotopic (exact) mass is 327 g/mol. The van der Waals surface area contributed by atoms with Gasteiger partial charge in [0.2, 0.25) is 0 Å². The molecule has 4 nitrogen and oxygen atoms in total. The van der Waals surface area contributed by atoms with E-state index in [4.69, 9.17) is 4.74 Å². The molecule has 0 aliphatic heterocycles. The second-order valence-corrected chi connectivity index (χ2v) is 5.81. The number of ether oxygens (including phenoxy) is 1. The molecular weight excluding hydrogens is 302 g/mol. The summed E-state index contributed by atoms with van der Waals surface area (Å²) in [7, 11) is 0. The van der Waals surface area contributed by atoms with E-state index in [1.807, 2.05) is 36.4 Å². The summed E-state index contributed by atoms with van der Waals surface area (Å²) in [6.07, 6.45) is 4.51. The first kappa shape index (κ1) is 18.0. The van der Waals surface area contributed by atoms with Gasteiger partial charge in [0, 0.05) is 12.1 Å². The summed E-state index contributed by atoms with van der Waals surface area (Å²) < 4.78 is 5.16. The number of benzene rings is 2. The molecule has 0 saturated carbocycles. The van der Waals surface area contributed by atoms with Crippen molar-refractivity contribution in [1.29, 1.82) is 0 Å². The number of hydrogen-bond donors (Lipinski definition) is 1. The summed E-state index contributed by atoms with van der Waals surface area (Å²) in [4.78, 5) is 23.9. The number of rotatable bonds is 9. The average molecular weight is 327 g/mol. The summed E-state index contributed by atoms with van der Waals surface area (Å²) in [5, 5.41) is 4.73. The fourth-order valence-electron chi connectivity index (χ4n) is 2.58. The zero-order chi connectivity index (χ0) is 17.2. The number of unbranched alkanes of at least 4 members (excludes halogenated alkanes) is 3. The molecule has 0 aromatic heterocycles. The van der Waals surface area contributed by atoms with Crippen LogP contribution in [0.1, 0.15) is 49.4 Å². The van der Waals surface area contributed by atoms with Crippen molar-refractivity contribution >= 4 is 22.6 Å². The fraction of sp³-hybridized carbons (Fsp3) is 0.400. The van der Waals surface area contributed by atoms with Crippen molar-refractivity contribution in [3.8, 4) is 0 Å². The normalized spacial score (nSPS) is 10.5. The Morgan fingerprint density at radius 2 is 1.79 bits per heavy atom. The molecule has 0 atom stereocenters. The van der Waals surface area contributed by atoms with E-state index in [0.29, 0.717) is 12.2 Å². The van der Waals surface area contributed by atoms with Crippen molar-refractivity contribution in [2.45, 2.75) is 39.0 Å². The molecule has 0 unspecified atom stereocenters. The van der Waals surface area contributed by atoms with Crippen LogP contribution in [0.25, 0.3) is 10.8 Å². The molecule has 0 heterocycles.